The lowest BCUT2D eigenvalue weighted by atomic mass is 10.2. The summed E-state index contributed by atoms with van der Waals surface area (Å²) in [6.45, 7) is 4.04. The Labute approximate surface area is 143 Å². The maximum atomic E-state index is 12.9. The standard InChI is InChI=1S/C16H19FN4O2S/c1-3-11(2)21(16(23)14-10-24-20-19-14)9-15(22)18-8-12-4-6-13(17)7-5-12/h4-7,10-11H,3,8-9H2,1-2H3,(H,18,22). The second kappa shape index (κ2) is 8.49. The van der Waals surface area contributed by atoms with E-state index in [1.165, 1.54) is 17.0 Å². The third-order valence-corrected chi connectivity index (χ3v) is 4.18. The van der Waals surface area contributed by atoms with Crippen molar-refractivity contribution in [2.45, 2.75) is 32.9 Å². The van der Waals surface area contributed by atoms with Gasteiger partial charge in [-0.1, -0.05) is 23.5 Å². The van der Waals surface area contributed by atoms with Gasteiger partial charge in [0.2, 0.25) is 5.91 Å². The van der Waals surface area contributed by atoms with Crippen molar-refractivity contribution in [1.29, 1.82) is 0 Å². The van der Waals surface area contributed by atoms with Gasteiger partial charge >= 0.3 is 0 Å². The molecule has 2 rings (SSSR count). The highest BCUT2D eigenvalue weighted by molar-refractivity contribution is 7.03. The minimum atomic E-state index is -0.324. The van der Waals surface area contributed by atoms with Crippen LogP contribution in [0.4, 0.5) is 4.39 Å². The van der Waals surface area contributed by atoms with Crippen LogP contribution in [-0.2, 0) is 11.3 Å². The number of carbonyl (C=O) groups is 2. The predicted molar refractivity (Wildman–Crippen MR) is 88.9 cm³/mol. The summed E-state index contributed by atoms with van der Waals surface area (Å²) >= 11 is 1.09. The van der Waals surface area contributed by atoms with Crippen LogP contribution >= 0.6 is 11.5 Å². The summed E-state index contributed by atoms with van der Waals surface area (Å²) in [5, 5.41) is 8.08. The molecule has 1 atom stereocenters. The number of hydrogen-bond acceptors (Lipinski definition) is 5. The van der Waals surface area contributed by atoms with Crippen LogP contribution in [0.25, 0.3) is 0 Å². The number of amides is 2. The van der Waals surface area contributed by atoms with Crippen LogP contribution in [0, 0.1) is 5.82 Å². The predicted octanol–water partition coefficient (Wildman–Crippen LogP) is 2.23. The Hall–Kier alpha value is -2.35. The van der Waals surface area contributed by atoms with Gasteiger partial charge in [-0.25, -0.2) is 4.39 Å². The van der Waals surface area contributed by atoms with Crippen molar-refractivity contribution in [2.24, 2.45) is 0 Å². The molecule has 0 aliphatic heterocycles. The van der Waals surface area contributed by atoms with Crippen LogP contribution in [0.3, 0.4) is 0 Å². The van der Waals surface area contributed by atoms with E-state index in [1.54, 1.807) is 17.5 Å². The lowest BCUT2D eigenvalue weighted by Crippen LogP contribution is -2.45. The van der Waals surface area contributed by atoms with Gasteiger partial charge in [-0.3, -0.25) is 9.59 Å². The van der Waals surface area contributed by atoms with E-state index in [-0.39, 0.29) is 42.5 Å². The molecule has 0 spiro atoms. The summed E-state index contributed by atoms with van der Waals surface area (Å²) in [5.74, 6) is -0.915. The minimum Gasteiger partial charge on any atom is -0.350 e. The van der Waals surface area contributed by atoms with Gasteiger partial charge in [0.1, 0.15) is 12.4 Å². The van der Waals surface area contributed by atoms with Crippen LogP contribution in [0.5, 0.6) is 0 Å². The van der Waals surface area contributed by atoms with Crippen molar-refractivity contribution in [2.75, 3.05) is 6.54 Å². The number of carbonyl (C=O) groups excluding carboxylic acids is 2. The number of benzene rings is 1. The fraction of sp³-hybridized carbons (Fsp3) is 0.375. The molecule has 1 N–H and O–H groups in total. The van der Waals surface area contributed by atoms with Gasteiger partial charge in [0.25, 0.3) is 5.91 Å². The topological polar surface area (TPSA) is 75.2 Å². The zero-order valence-electron chi connectivity index (χ0n) is 13.5. The molecule has 6 nitrogen and oxygen atoms in total. The molecule has 8 heteroatoms. The van der Waals surface area contributed by atoms with E-state index in [0.29, 0.717) is 6.42 Å². The summed E-state index contributed by atoms with van der Waals surface area (Å²) in [6.07, 6.45) is 0.717. The first-order valence-corrected chi connectivity index (χ1v) is 8.44. The summed E-state index contributed by atoms with van der Waals surface area (Å²) in [5.41, 5.74) is 1.03. The fourth-order valence-electron chi connectivity index (χ4n) is 2.07. The second-order valence-corrected chi connectivity index (χ2v) is 5.99. The molecule has 0 radical (unpaired) electrons. The molecule has 1 heterocycles. The zero-order valence-corrected chi connectivity index (χ0v) is 14.3. The summed E-state index contributed by atoms with van der Waals surface area (Å²) in [6, 6.07) is 5.79. The summed E-state index contributed by atoms with van der Waals surface area (Å²) in [7, 11) is 0. The number of nitrogens with one attached hydrogen (secondary N) is 1. The molecule has 1 unspecified atom stereocenters. The normalized spacial score (nSPS) is 11.8. The van der Waals surface area contributed by atoms with E-state index in [2.05, 4.69) is 14.9 Å². The molecule has 0 saturated heterocycles. The summed E-state index contributed by atoms with van der Waals surface area (Å²) in [4.78, 5) is 26.1. The zero-order chi connectivity index (χ0) is 17.5. The minimum absolute atomic E-state index is 0.0629. The molecule has 2 aromatic rings. The molecule has 128 valence electrons. The monoisotopic (exact) mass is 350 g/mol. The Kier molecular flexibility index (Phi) is 6.36. The first-order chi connectivity index (χ1) is 11.5. The second-order valence-electron chi connectivity index (χ2n) is 5.38. The molecule has 0 bridgehead atoms. The van der Waals surface area contributed by atoms with Crippen LogP contribution in [0.1, 0.15) is 36.3 Å². The molecule has 2 amide bonds. The Morgan fingerprint density at radius 1 is 1.33 bits per heavy atom. The number of aromatic nitrogens is 2. The van der Waals surface area contributed by atoms with Gasteiger partial charge in [0, 0.05) is 18.0 Å². The first kappa shape index (κ1) is 18.0. The van der Waals surface area contributed by atoms with Crippen molar-refractivity contribution < 1.29 is 14.0 Å². The fourth-order valence-corrected chi connectivity index (χ4v) is 2.50. The highest BCUT2D eigenvalue weighted by Gasteiger charge is 2.24. The Bertz CT molecular complexity index is 676. The SMILES string of the molecule is CCC(C)N(CC(=O)NCc1ccc(F)cc1)C(=O)c1csnn1. The van der Waals surface area contributed by atoms with Gasteiger partial charge in [-0.15, -0.1) is 5.10 Å². The van der Waals surface area contributed by atoms with Crippen molar-refractivity contribution in [1.82, 2.24) is 19.8 Å². The lowest BCUT2D eigenvalue weighted by molar-refractivity contribution is -0.122. The molecule has 24 heavy (non-hydrogen) atoms. The molecular formula is C16H19FN4O2S. The van der Waals surface area contributed by atoms with Crippen LogP contribution in [0.15, 0.2) is 29.6 Å². The Morgan fingerprint density at radius 3 is 2.62 bits per heavy atom. The van der Waals surface area contributed by atoms with Gasteiger partial charge in [-0.2, -0.15) is 0 Å². The molecule has 1 aromatic heterocycles. The maximum absolute atomic E-state index is 12.9. The number of rotatable bonds is 7. The third kappa shape index (κ3) is 4.82. The Morgan fingerprint density at radius 2 is 2.04 bits per heavy atom. The van der Waals surface area contributed by atoms with Crippen molar-refractivity contribution in [3.63, 3.8) is 0 Å². The maximum Gasteiger partial charge on any atom is 0.276 e. The van der Waals surface area contributed by atoms with Gasteiger partial charge in [-0.05, 0) is 42.6 Å². The van der Waals surface area contributed by atoms with Crippen LogP contribution in [-0.4, -0.2) is 38.9 Å². The van der Waals surface area contributed by atoms with E-state index in [4.69, 9.17) is 0 Å². The molecule has 0 saturated carbocycles. The first-order valence-electron chi connectivity index (χ1n) is 7.60. The van der Waals surface area contributed by atoms with E-state index in [9.17, 15) is 14.0 Å². The molecule has 0 fully saturated rings. The molecular weight excluding hydrogens is 331 g/mol. The lowest BCUT2D eigenvalue weighted by Gasteiger charge is -2.27. The van der Waals surface area contributed by atoms with Crippen LogP contribution in [0.2, 0.25) is 0 Å². The molecule has 0 aliphatic carbocycles. The number of hydrogen-bond donors (Lipinski definition) is 1. The van der Waals surface area contributed by atoms with E-state index in [0.717, 1.165) is 17.1 Å². The van der Waals surface area contributed by atoms with Crippen molar-refractivity contribution >= 4 is 23.3 Å². The van der Waals surface area contributed by atoms with Crippen molar-refractivity contribution in [3.8, 4) is 0 Å². The largest absolute Gasteiger partial charge is 0.350 e. The summed E-state index contributed by atoms with van der Waals surface area (Å²) < 4.78 is 16.6. The number of nitrogens with zero attached hydrogens (tertiary/aromatic N) is 3. The van der Waals surface area contributed by atoms with E-state index in [1.807, 2.05) is 13.8 Å². The van der Waals surface area contributed by atoms with E-state index >= 15 is 0 Å². The quantitative estimate of drug-likeness (QED) is 0.831. The third-order valence-electron chi connectivity index (χ3n) is 3.68. The average Bonchev–Trinajstić information content (AvgIpc) is 3.12. The molecule has 0 aliphatic rings. The van der Waals surface area contributed by atoms with Gasteiger partial charge in [0.15, 0.2) is 5.69 Å². The molecule has 1 aromatic carbocycles. The van der Waals surface area contributed by atoms with E-state index < -0.39 is 0 Å². The van der Waals surface area contributed by atoms with Crippen LogP contribution < -0.4 is 5.32 Å². The highest BCUT2D eigenvalue weighted by atomic mass is 32.1. The Balaban J connectivity index is 1.96. The number of halogens is 1. The average molecular weight is 350 g/mol. The van der Waals surface area contributed by atoms with Gasteiger partial charge < -0.3 is 10.2 Å². The van der Waals surface area contributed by atoms with Gasteiger partial charge in [0.05, 0.1) is 0 Å². The highest BCUT2D eigenvalue weighted by Crippen LogP contribution is 2.10. The smallest absolute Gasteiger partial charge is 0.276 e. The van der Waals surface area contributed by atoms with Crippen molar-refractivity contribution in [3.05, 3.63) is 46.7 Å².